The second-order valence-electron chi connectivity index (χ2n) is 4.64. The molecule has 0 unspecified atom stereocenters. The number of benzene rings is 1. The van der Waals surface area contributed by atoms with Crippen molar-refractivity contribution < 1.29 is 14.7 Å². The van der Waals surface area contributed by atoms with Crippen LogP contribution >= 0.6 is 0 Å². The number of carboxylic acids is 1. The lowest BCUT2D eigenvalue weighted by molar-refractivity contribution is -0.137. The van der Waals surface area contributed by atoms with E-state index in [1.807, 2.05) is 30.3 Å². The van der Waals surface area contributed by atoms with Crippen LogP contribution in [0.25, 0.3) is 0 Å². The van der Waals surface area contributed by atoms with Gasteiger partial charge in [0.05, 0.1) is 13.0 Å². The van der Waals surface area contributed by atoms with Gasteiger partial charge in [0.1, 0.15) is 0 Å². The SMILES string of the molecule is O=C(O)CCn1ccc(NC(=O)CCc2ccccc2)n1. The summed E-state index contributed by atoms with van der Waals surface area (Å²) in [5.41, 5.74) is 1.11. The number of aliphatic carboxylic acids is 1. The zero-order valence-electron chi connectivity index (χ0n) is 11.5. The maximum absolute atomic E-state index is 11.8. The van der Waals surface area contributed by atoms with Crippen LogP contribution in [0.4, 0.5) is 5.82 Å². The molecule has 110 valence electrons. The molecule has 0 spiro atoms. The van der Waals surface area contributed by atoms with Gasteiger partial charge >= 0.3 is 5.97 Å². The van der Waals surface area contributed by atoms with Crippen molar-refractivity contribution in [1.29, 1.82) is 0 Å². The molecule has 2 N–H and O–H groups in total. The van der Waals surface area contributed by atoms with Crippen molar-refractivity contribution in [2.75, 3.05) is 5.32 Å². The van der Waals surface area contributed by atoms with Crippen molar-refractivity contribution in [1.82, 2.24) is 9.78 Å². The molecule has 0 aliphatic carbocycles. The van der Waals surface area contributed by atoms with Gasteiger partial charge < -0.3 is 10.4 Å². The van der Waals surface area contributed by atoms with E-state index in [1.165, 1.54) is 4.68 Å². The number of aryl methyl sites for hydroxylation is 2. The number of carboxylic acid groups (broad SMARTS) is 1. The number of carbonyl (C=O) groups excluding carboxylic acids is 1. The zero-order valence-corrected chi connectivity index (χ0v) is 11.5. The smallest absolute Gasteiger partial charge is 0.305 e. The maximum Gasteiger partial charge on any atom is 0.305 e. The van der Waals surface area contributed by atoms with Crippen LogP contribution < -0.4 is 5.32 Å². The highest BCUT2D eigenvalue weighted by molar-refractivity contribution is 5.89. The molecule has 1 heterocycles. The van der Waals surface area contributed by atoms with Gasteiger partial charge in [0, 0.05) is 18.7 Å². The number of amides is 1. The van der Waals surface area contributed by atoms with Gasteiger partial charge in [0.25, 0.3) is 0 Å². The van der Waals surface area contributed by atoms with Crippen molar-refractivity contribution in [2.24, 2.45) is 0 Å². The van der Waals surface area contributed by atoms with Crippen molar-refractivity contribution in [3.8, 4) is 0 Å². The number of rotatable bonds is 7. The summed E-state index contributed by atoms with van der Waals surface area (Å²) >= 11 is 0. The second-order valence-corrected chi connectivity index (χ2v) is 4.64. The summed E-state index contributed by atoms with van der Waals surface area (Å²) in [4.78, 5) is 22.3. The van der Waals surface area contributed by atoms with Crippen molar-refractivity contribution >= 4 is 17.7 Å². The number of hydrogen-bond donors (Lipinski definition) is 2. The topological polar surface area (TPSA) is 84.2 Å². The molecule has 2 aromatic rings. The summed E-state index contributed by atoms with van der Waals surface area (Å²) in [6.45, 7) is 0.287. The minimum Gasteiger partial charge on any atom is -0.481 e. The van der Waals surface area contributed by atoms with E-state index in [1.54, 1.807) is 12.3 Å². The Morgan fingerprint density at radius 2 is 1.90 bits per heavy atom. The molecule has 2 rings (SSSR count). The van der Waals surface area contributed by atoms with Crippen LogP contribution in [-0.2, 0) is 22.6 Å². The Bertz CT molecular complexity index is 608. The normalized spacial score (nSPS) is 10.3. The van der Waals surface area contributed by atoms with Crippen molar-refractivity contribution in [2.45, 2.75) is 25.8 Å². The van der Waals surface area contributed by atoms with Crippen LogP contribution in [0, 0.1) is 0 Å². The maximum atomic E-state index is 11.8. The van der Waals surface area contributed by atoms with E-state index in [9.17, 15) is 9.59 Å². The predicted octanol–water partition coefficient (Wildman–Crippen LogP) is 1.93. The fourth-order valence-corrected chi connectivity index (χ4v) is 1.87. The molecule has 6 nitrogen and oxygen atoms in total. The largest absolute Gasteiger partial charge is 0.481 e. The molecule has 0 atom stereocenters. The van der Waals surface area contributed by atoms with Crippen LogP contribution in [0.5, 0.6) is 0 Å². The standard InChI is InChI=1S/C15H17N3O3/c19-14(7-6-12-4-2-1-3-5-12)16-13-8-10-18(17-13)11-9-15(20)21/h1-5,8,10H,6-7,9,11H2,(H,20,21)(H,16,17,19). The van der Waals surface area contributed by atoms with Crippen LogP contribution in [0.1, 0.15) is 18.4 Å². The Hall–Kier alpha value is -2.63. The highest BCUT2D eigenvalue weighted by atomic mass is 16.4. The molecular weight excluding hydrogens is 270 g/mol. The number of nitrogens with one attached hydrogen (secondary N) is 1. The van der Waals surface area contributed by atoms with E-state index < -0.39 is 5.97 Å². The lowest BCUT2D eigenvalue weighted by atomic mass is 10.1. The summed E-state index contributed by atoms with van der Waals surface area (Å²) in [7, 11) is 0. The third-order valence-electron chi connectivity index (χ3n) is 2.95. The summed E-state index contributed by atoms with van der Waals surface area (Å²) in [6.07, 6.45) is 2.71. The van der Waals surface area contributed by atoms with E-state index in [2.05, 4.69) is 10.4 Å². The highest BCUT2D eigenvalue weighted by Gasteiger charge is 2.06. The summed E-state index contributed by atoms with van der Waals surface area (Å²) in [5, 5.41) is 15.4. The highest BCUT2D eigenvalue weighted by Crippen LogP contribution is 2.06. The third kappa shape index (κ3) is 5.10. The Morgan fingerprint density at radius 3 is 2.62 bits per heavy atom. The second kappa shape index (κ2) is 7.23. The first-order chi connectivity index (χ1) is 10.1. The summed E-state index contributed by atoms with van der Waals surface area (Å²) < 4.78 is 1.50. The van der Waals surface area contributed by atoms with Crippen LogP contribution in [0.2, 0.25) is 0 Å². The number of carbonyl (C=O) groups is 2. The van der Waals surface area contributed by atoms with Crippen LogP contribution in [0.15, 0.2) is 42.6 Å². The molecule has 1 aromatic heterocycles. The van der Waals surface area contributed by atoms with Gasteiger partial charge in [-0.05, 0) is 12.0 Å². The van der Waals surface area contributed by atoms with Gasteiger partial charge in [-0.3, -0.25) is 14.3 Å². The number of nitrogens with zero attached hydrogens (tertiary/aromatic N) is 2. The number of aromatic nitrogens is 2. The fourth-order valence-electron chi connectivity index (χ4n) is 1.87. The van der Waals surface area contributed by atoms with E-state index in [0.29, 0.717) is 18.7 Å². The monoisotopic (exact) mass is 287 g/mol. The van der Waals surface area contributed by atoms with Gasteiger partial charge in [0.15, 0.2) is 5.82 Å². The van der Waals surface area contributed by atoms with Gasteiger partial charge in [-0.25, -0.2) is 0 Å². The first-order valence-corrected chi connectivity index (χ1v) is 6.72. The molecule has 0 saturated carbocycles. The van der Waals surface area contributed by atoms with Crippen LogP contribution in [0.3, 0.4) is 0 Å². The number of anilines is 1. The molecule has 1 aromatic carbocycles. The Labute approximate surface area is 122 Å². The fraction of sp³-hybridized carbons (Fsp3) is 0.267. The zero-order chi connectivity index (χ0) is 15.1. The molecule has 0 radical (unpaired) electrons. The Kier molecular flexibility index (Phi) is 5.09. The average molecular weight is 287 g/mol. The van der Waals surface area contributed by atoms with Crippen molar-refractivity contribution in [3.05, 3.63) is 48.2 Å². The molecule has 0 bridgehead atoms. The molecule has 0 aliphatic rings. The van der Waals surface area contributed by atoms with Crippen LogP contribution in [-0.4, -0.2) is 26.8 Å². The quantitative estimate of drug-likeness (QED) is 0.815. The Morgan fingerprint density at radius 1 is 1.14 bits per heavy atom. The van der Waals surface area contributed by atoms with Crippen molar-refractivity contribution in [3.63, 3.8) is 0 Å². The minimum atomic E-state index is -0.876. The summed E-state index contributed by atoms with van der Waals surface area (Å²) in [6, 6.07) is 11.4. The lowest BCUT2D eigenvalue weighted by Gasteiger charge is -2.02. The van der Waals surface area contributed by atoms with Gasteiger partial charge in [-0.2, -0.15) is 5.10 Å². The minimum absolute atomic E-state index is 0.00305. The van der Waals surface area contributed by atoms with E-state index >= 15 is 0 Å². The average Bonchev–Trinajstić information content (AvgIpc) is 2.91. The van der Waals surface area contributed by atoms with E-state index in [0.717, 1.165) is 5.56 Å². The molecule has 1 amide bonds. The van der Waals surface area contributed by atoms with E-state index in [4.69, 9.17) is 5.11 Å². The first kappa shape index (κ1) is 14.8. The molecular formula is C15H17N3O3. The van der Waals surface area contributed by atoms with Gasteiger partial charge in [0.2, 0.25) is 5.91 Å². The lowest BCUT2D eigenvalue weighted by Crippen LogP contribution is -2.13. The third-order valence-corrected chi connectivity index (χ3v) is 2.95. The number of hydrogen-bond acceptors (Lipinski definition) is 3. The Balaban J connectivity index is 1.78. The summed E-state index contributed by atoms with van der Waals surface area (Å²) in [5.74, 6) is -0.542. The molecule has 0 fully saturated rings. The van der Waals surface area contributed by atoms with E-state index in [-0.39, 0.29) is 18.9 Å². The molecule has 21 heavy (non-hydrogen) atoms. The molecule has 6 heteroatoms. The predicted molar refractivity (Wildman–Crippen MR) is 77.9 cm³/mol. The van der Waals surface area contributed by atoms with Gasteiger partial charge in [-0.15, -0.1) is 0 Å². The van der Waals surface area contributed by atoms with Gasteiger partial charge in [-0.1, -0.05) is 30.3 Å². The first-order valence-electron chi connectivity index (χ1n) is 6.72. The molecule has 0 saturated heterocycles. The molecule has 0 aliphatic heterocycles.